The van der Waals surface area contributed by atoms with Crippen LogP contribution < -0.4 is 49.1 Å². The molecule has 20 heteroatoms. The summed E-state index contributed by atoms with van der Waals surface area (Å²) in [7, 11) is 0. The van der Waals surface area contributed by atoms with Gasteiger partial charge in [0, 0.05) is 62.9 Å². The van der Waals surface area contributed by atoms with Crippen molar-refractivity contribution in [3.63, 3.8) is 0 Å². The van der Waals surface area contributed by atoms with Gasteiger partial charge in [-0.15, -0.1) is 0 Å². The first kappa shape index (κ1) is 47.1. The van der Waals surface area contributed by atoms with Gasteiger partial charge < -0.3 is 59.0 Å². The second-order valence-corrected chi connectivity index (χ2v) is 15.8. The van der Waals surface area contributed by atoms with Crippen LogP contribution in [-0.2, 0) is 51.2 Å². The fourth-order valence-electron chi connectivity index (χ4n) is 7.85. The Morgan fingerprint density at radius 2 is 1.51 bits per heavy atom. The molecule has 2 aliphatic heterocycles. The number of nitrogens with two attached hydrogens (primary N) is 3. The van der Waals surface area contributed by atoms with Crippen molar-refractivity contribution in [3.8, 4) is 0 Å². The standard InChI is InChI=1S/C43H58N12O8/c1-25(56)50-33(22-26-10-3-2-4-11-26)39(60)53-32-15-8-19-47-37(58)30(14-7-20-48-43(45)46)51-40(61)34(23-27-24-49-29-13-6-5-12-28(27)29)54-38(59)31(17-18-36(44)57)52-41(62)35-16-9-21-55(35)42(32)63/h2-6,10-13,24,30-35,49H,7-9,14-23H2,1H3,(H2,44,57)(H,47,58)(H,50,56)(H,51,61)(H,52,62)(H,53,60)(H,54,59)(H4,45,46,48)/t30?,31-,32?,33+,34?,35?/m1/s1. The van der Waals surface area contributed by atoms with Crippen molar-refractivity contribution in [2.24, 2.45) is 22.2 Å². The van der Waals surface area contributed by atoms with Crippen LogP contribution in [-0.4, -0.2) is 119 Å². The highest BCUT2D eigenvalue weighted by Gasteiger charge is 2.40. The predicted octanol–water partition coefficient (Wildman–Crippen LogP) is -1.38. The molecule has 3 aromatic rings. The number of amides is 8. The van der Waals surface area contributed by atoms with Crippen LogP contribution in [0.25, 0.3) is 10.9 Å². The molecule has 0 saturated carbocycles. The highest BCUT2D eigenvalue weighted by atomic mass is 16.2. The molecule has 2 fully saturated rings. The number of benzene rings is 2. The highest BCUT2D eigenvalue weighted by molar-refractivity contribution is 5.98. The lowest BCUT2D eigenvalue weighted by Crippen LogP contribution is -2.60. The number of hydrogen-bond donors (Lipinski definition) is 10. The third kappa shape index (κ3) is 13.8. The van der Waals surface area contributed by atoms with Gasteiger partial charge >= 0.3 is 0 Å². The molecule has 63 heavy (non-hydrogen) atoms. The lowest BCUT2D eigenvalue weighted by Gasteiger charge is -2.31. The zero-order chi connectivity index (χ0) is 45.5. The topological polar surface area (TPSA) is 318 Å². The number of aromatic nitrogens is 1. The summed E-state index contributed by atoms with van der Waals surface area (Å²) in [4.78, 5) is 117. The number of H-pyrrole nitrogens is 1. The summed E-state index contributed by atoms with van der Waals surface area (Å²) in [6.07, 6.45) is 2.55. The lowest BCUT2D eigenvalue weighted by molar-refractivity contribution is -0.142. The number of guanidine groups is 1. The maximum Gasteiger partial charge on any atom is 0.245 e. The maximum atomic E-state index is 14.4. The van der Waals surface area contributed by atoms with Gasteiger partial charge in [0.1, 0.15) is 36.3 Å². The summed E-state index contributed by atoms with van der Waals surface area (Å²) >= 11 is 0. The smallest absolute Gasteiger partial charge is 0.245 e. The van der Waals surface area contributed by atoms with Crippen molar-refractivity contribution in [2.45, 2.75) is 107 Å². The molecular weight excluding hydrogens is 813 g/mol. The molecule has 3 heterocycles. The highest BCUT2D eigenvalue weighted by Crippen LogP contribution is 2.22. The summed E-state index contributed by atoms with van der Waals surface area (Å²) in [5.74, 6) is -5.28. The summed E-state index contributed by atoms with van der Waals surface area (Å²) in [6.45, 7) is 1.62. The Morgan fingerprint density at radius 3 is 2.24 bits per heavy atom. The van der Waals surface area contributed by atoms with Gasteiger partial charge in [0.25, 0.3) is 0 Å². The number of carbonyl (C=O) groups is 8. The van der Waals surface area contributed by atoms with Gasteiger partial charge in [0.2, 0.25) is 47.3 Å². The van der Waals surface area contributed by atoms with Crippen LogP contribution in [0.1, 0.15) is 69.4 Å². The van der Waals surface area contributed by atoms with Crippen molar-refractivity contribution in [2.75, 3.05) is 19.6 Å². The third-order valence-electron chi connectivity index (χ3n) is 11.0. The lowest BCUT2D eigenvalue weighted by atomic mass is 10.0. The van der Waals surface area contributed by atoms with Crippen molar-refractivity contribution in [1.82, 2.24) is 41.8 Å². The van der Waals surface area contributed by atoms with E-state index in [4.69, 9.17) is 17.2 Å². The maximum absolute atomic E-state index is 14.4. The molecule has 8 amide bonds. The van der Waals surface area contributed by atoms with Crippen LogP contribution in [0.3, 0.4) is 0 Å². The average molecular weight is 871 g/mol. The van der Waals surface area contributed by atoms with Crippen molar-refractivity contribution < 1.29 is 38.4 Å². The molecule has 6 atom stereocenters. The largest absolute Gasteiger partial charge is 0.370 e. The van der Waals surface area contributed by atoms with Crippen LogP contribution in [0.4, 0.5) is 0 Å². The van der Waals surface area contributed by atoms with Crippen LogP contribution in [0.2, 0.25) is 0 Å². The minimum atomic E-state index is -1.37. The Morgan fingerprint density at radius 1 is 0.825 bits per heavy atom. The molecule has 5 rings (SSSR count). The molecule has 0 aliphatic carbocycles. The minimum Gasteiger partial charge on any atom is -0.370 e. The Bertz CT molecular complexity index is 2160. The number of fused-ring (bicyclic) bond motifs is 2. The number of carbonyl (C=O) groups excluding carboxylic acids is 8. The number of aliphatic imine (C=N–C) groups is 1. The van der Waals surface area contributed by atoms with Gasteiger partial charge in [-0.3, -0.25) is 43.3 Å². The van der Waals surface area contributed by atoms with Gasteiger partial charge in [-0.25, -0.2) is 0 Å². The molecule has 0 spiro atoms. The zero-order valence-electron chi connectivity index (χ0n) is 35.3. The fourth-order valence-corrected chi connectivity index (χ4v) is 7.85. The van der Waals surface area contributed by atoms with Crippen LogP contribution in [0.15, 0.2) is 65.8 Å². The van der Waals surface area contributed by atoms with Gasteiger partial charge in [-0.2, -0.15) is 0 Å². The number of primary amides is 1. The SMILES string of the molecule is CC(=O)N[C@@H](Cc1ccccc1)C(=O)NC1CCCNC(=O)C(CCCN=C(N)N)NC(=O)C(Cc2c[nH]c3ccccc23)NC(=O)[C@@H](CCC(N)=O)NC(=O)C2CCCN2C1=O. The molecule has 2 aliphatic rings. The van der Waals surface area contributed by atoms with E-state index in [0.29, 0.717) is 12.0 Å². The fraction of sp³-hybridized carbons (Fsp3) is 0.465. The predicted molar refractivity (Wildman–Crippen MR) is 233 cm³/mol. The molecule has 13 N–H and O–H groups in total. The van der Waals surface area contributed by atoms with Crippen molar-refractivity contribution in [1.29, 1.82) is 0 Å². The minimum absolute atomic E-state index is 0.0195. The molecule has 20 nitrogen and oxygen atoms in total. The number of rotatable bonds is 14. The number of hydrogen-bond acceptors (Lipinski definition) is 9. The number of para-hydroxylation sites is 1. The first-order valence-corrected chi connectivity index (χ1v) is 21.2. The van der Waals surface area contributed by atoms with E-state index >= 15 is 0 Å². The first-order chi connectivity index (χ1) is 30.2. The summed E-state index contributed by atoms with van der Waals surface area (Å²) in [5.41, 5.74) is 18.7. The van der Waals surface area contributed by atoms with Gasteiger partial charge in [0.05, 0.1) is 0 Å². The van der Waals surface area contributed by atoms with E-state index in [1.807, 2.05) is 30.3 Å². The Labute approximate surface area is 364 Å². The van der Waals surface area contributed by atoms with Crippen molar-refractivity contribution in [3.05, 3.63) is 71.9 Å². The molecule has 4 unspecified atom stereocenters. The molecule has 2 saturated heterocycles. The van der Waals surface area contributed by atoms with Gasteiger partial charge in [0.15, 0.2) is 5.96 Å². The Hall–Kier alpha value is -6.99. The number of nitrogens with one attached hydrogen (secondary N) is 7. The van der Waals surface area contributed by atoms with Gasteiger partial charge in [-0.05, 0) is 62.1 Å². The van der Waals surface area contributed by atoms with Crippen LogP contribution in [0.5, 0.6) is 0 Å². The normalized spacial score (nSPS) is 22.0. The van der Waals surface area contributed by atoms with Gasteiger partial charge in [-0.1, -0.05) is 48.5 Å². The van der Waals surface area contributed by atoms with E-state index in [9.17, 15) is 38.4 Å². The number of nitrogens with zero attached hydrogens (tertiary/aromatic N) is 2. The monoisotopic (exact) mass is 870 g/mol. The zero-order valence-corrected chi connectivity index (χ0v) is 35.3. The van der Waals surface area contributed by atoms with E-state index in [-0.39, 0.29) is 83.4 Å². The van der Waals surface area contributed by atoms with Crippen molar-refractivity contribution >= 4 is 64.1 Å². The van der Waals surface area contributed by atoms with E-state index < -0.39 is 83.5 Å². The average Bonchev–Trinajstić information content (AvgIpc) is 3.91. The van der Waals surface area contributed by atoms with E-state index in [1.165, 1.54) is 11.8 Å². The van der Waals surface area contributed by atoms with Crippen LogP contribution in [0, 0.1) is 0 Å². The second-order valence-electron chi connectivity index (χ2n) is 15.8. The first-order valence-electron chi connectivity index (χ1n) is 21.2. The van der Waals surface area contributed by atoms with E-state index in [0.717, 1.165) is 16.5 Å². The molecule has 0 radical (unpaired) electrons. The molecular formula is C43H58N12O8. The molecule has 1 aromatic heterocycles. The summed E-state index contributed by atoms with van der Waals surface area (Å²) in [6, 6.07) is 9.34. The summed E-state index contributed by atoms with van der Waals surface area (Å²) in [5, 5.41) is 17.3. The van der Waals surface area contributed by atoms with Crippen LogP contribution >= 0.6 is 0 Å². The summed E-state index contributed by atoms with van der Waals surface area (Å²) < 4.78 is 0. The van der Waals surface area contributed by atoms with E-state index in [2.05, 4.69) is 41.9 Å². The quantitative estimate of drug-likeness (QED) is 0.0514. The molecule has 0 bridgehead atoms. The number of aromatic amines is 1. The van der Waals surface area contributed by atoms with E-state index in [1.54, 1.807) is 30.5 Å². The molecule has 338 valence electrons. The Balaban J connectivity index is 1.47. The Kier molecular flexibility index (Phi) is 17.0. The molecule has 2 aromatic carbocycles. The second kappa shape index (κ2) is 22.7. The third-order valence-corrected chi connectivity index (χ3v) is 11.0.